The average molecular weight is 329 g/mol. The van der Waals surface area contributed by atoms with Gasteiger partial charge in [0.15, 0.2) is 0 Å². The zero-order valence-corrected chi connectivity index (χ0v) is 14.6. The number of esters is 1. The Labute approximate surface area is 136 Å². The molecule has 8 nitrogen and oxygen atoms in total. The number of rotatable bonds is 8. The molecule has 0 saturated heterocycles. The van der Waals surface area contributed by atoms with Crippen LogP contribution in [0.15, 0.2) is 0 Å². The topological polar surface area (TPSA) is 114 Å². The lowest BCUT2D eigenvalue weighted by atomic mass is 10.0. The third-order valence-corrected chi connectivity index (χ3v) is 3.07. The van der Waals surface area contributed by atoms with Crippen molar-refractivity contribution in [1.29, 1.82) is 0 Å². The molecule has 0 aliphatic heterocycles. The number of hydrogen-bond acceptors (Lipinski definition) is 5. The molecule has 0 fully saturated rings. The van der Waals surface area contributed by atoms with Crippen LogP contribution in [0, 0.1) is 5.92 Å². The molecular weight excluding hydrogens is 302 g/mol. The Kier molecular flexibility index (Phi) is 8.90. The van der Waals surface area contributed by atoms with Gasteiger partial charge in [-0.15, -0.1) is 0 Å². The van der Waals surface area contributed by atoms with Crippen LogP contribution in [0.1, 0.15) is 41.0 Å². The molecule has 3 atom stereocenters. The highest BCUT2D eigenvalue weighted by atomic mass is 16.5. The van der Waals surface area contributed by atoms with Crippen molar-refractivity contribution in [3.8, 4) is 0 Å². The van der Waals surface area contributed by atoms with Gasteiger partial charge in [0.05, 0.1) is 7.11 Å². The number of carbonyl (C=O) groups excluding carboxylic acids is 4. The van der Waals surface area contributed by atoms with Gasteiger partial charge in [-0.25, -0.2) is 4.79 Å². The Morgan fingerprint density at radius 3 is 1.87 bits per heavy atom. The van der Waals surface area contributed by atoms with Crippen LogP contribution >= 0.6 is 0 Å². The van der Waals surface area contributed by atoms with E-state index in [2.05, 4.69) is 20.7 Å². The molecule has 0 spiro atoms. The predicted octanol–water partition coefficient (Wildman–Crippen LogP) is -0.280. The minimum atomic E-state index is -0.813. The van der Waals surface area contributed by atoms with Gasteiger partial charge in [-0.1, -0.05) is 13.8 Å². The maximum atomic E-state index is 12.3. The van der Waals surface area contributed by atoms with Gasteiger partial charge in [0.2, 0.25) is 17.7 Å². The number of carbonyl (C=O) groups is 4. The first-order chi connectivity index (χ1) is 10.6. The lowest BCUT2D eigenvalue weighted by molar-refractivity contribution is -0.145. The molecule has 0 unspecified atom stereocenters. The average Bonchev–Trinajstić information content (AvgIpc) is 2.43. The number of hydrogen-bond donors (Lipinski definition) is 3. The van der Waals surface area contributed by atoms with Crippen molar-refractivity contribution in [3.05, 3.63) is 0 Å². The van der Waals surface area contributed by atoms with Crippen LogP contribution in [-0.2, 0) is 23.9 Å². The summed E-state index contributed by atoms with van der Waals surface area (Å²) in [5.41, 5.74) is 0. The number of ether oxygens (including phenoxy) is 1. The number of amides is 3. The van der Waals surface area contributed by atoms with E-state index in [1.165, 1.54) is 27.9 Å². The van der Waals surface area contributed by atoms with Gasteiger partial charge in [-0.2, -0.15) is 0 Å². The molecule has 0 aliphatic carbocycles. The molecule has 8 heteroatoms. The molecule has 0 radical (unpaired) electrons. The van der Waals surface area contributed by atoms with Crippen molar-refractivity contribution in [2.24, 2.45) is 5.92 Å². The fraction of sp³-hybridized carbons (Fsp3) is 0.733. The summed E-state index contributed by atoms with van der Waals surface area (Å²) in [6, 6.07) is -2.37. The molecule has 3 amide bonds. The van der Waals surface area contributed by atoms with E-state index < -0.39 is 35.9 Å². The van der Waals surface area contributed by atoms with E-state index in [9.17, 15) is 19.2 Å². The molecular formula is C15H27N3O5. The monoisotopic (exact) mass is 329 g/mol. The van der Waals surface area contributed by atoms with Gasteiger partial charge in [0, 0.05) is 6.92 Å². The van der Waals surface area contributed by atoms with Crippen LogP contribution in [0.25, 0.3) is 0 Å². The van der Waals surface area contributed by atoms with Crippen LogP contribution in [-0.4, -0.2) is 48.9 Å². The van der Waals surface area contributed by atoms with Gasteiger partial charge in [0.1, 0.15) is 18.1 Å². The maximum absolute atomic E-state index is 12.3. The van der Waals surface area contributed by atoms with Crippen molar-refractivity contribution < 1.29 is 23.9 Å². The molecule has 0 rings (SSSR count). The highest BCUT2D eigenvalue weighted by Crippen LogP contribution is 2.06. The molecule has 0 aromatic carbocycles. The summed E-state index contributed by atoms with van der Waals surface area (Å²) < 4.78 is 4.55. The first kappa shape index (κ1) is 20.9. The smallest absolute Gasteiger partial charge is 0.328 e. The van der Waals surface area contributed by atoms with Crippen molar-refractivity contribution in [2.75, 3.05) is 7.11 Å². The second-order valence-electron chi connectivity index (χ2n) is 5.87. The van der Waals surface area contributed by atoms with E-state index >= 15 is 0 Å². The molecule has 0 bridgehead atoms. The first-order valence-corrected chi connectivity index (χ1v) is 7.54. The largest absolute Gasteiger partial charge is 0.467 e. The van der Waals surface area contributed by atoms with E-state index in [1.807, 2.05) is 13.8 Å². The fourth-order valence-electron chi connectivity index (χ4n) is 1.92. The first-order valence-electron chi connectivity index (χ1n) is 7.54. The molecule has 132 valence electrons. The summed E-state index contributed by atoms with van der Waals surface area (Å²) >= 11 is 0. The summed E-state index contributed by atoms with van der Waals surface area (Å²) in [6.07, 6.45) is 0.401. The van der Waals surface area contributed by atoms with Crippen LogP contribution < -0.4 is 16.0 Å². The van der Waals surface area contributed by atoms with Crippen molar-refractivity contribution in [1.82, 2.24) is 16.0 Å². The SMILES string of the molecule is COC(=O)[C@H](C)NC(=O)[C@@H](CC(C)C)NC(=O)[C@H](C)NC(C)=O. The van der Waals surface area contributed by atoms with E-state index in [1.54, 1.807) is 0 Å². The van der Waals surface area contributed by atoms with Gasteiger partial charge in [-0.05, 0) is 26.2 Å². The highest BCUT2D eigenvalue weighted by Gasteiger charge is 2.27. The molecule has 0 aromatic heterocycles. The van der Waals surface area contributed by atoms with Crippen molar-refractivity contribution in [3.63, 3.8) is 0 Å². The molecule has 3 N–H and O–H groups in total. The Hall–Kier alpha value is -2.12. The highest BCUT2D eigenvalue weighted by molar-refractivity contribution is 5.93. The van der Waals surface area contributed by atoms with E-state index in [0.717, 1.165) is 0 Å². The zero-order valence-electron chi connectivity index (χ0n) is 14.6. The third kappa shape index (κ3) is 8.18. The van der Waals surface area contributed by atoms with Gasteiger partial charge in [-0.3, -0.25) is 14.4 Å². The Bertz CT molecular complexity index is 450. The quantitative estimate of drug-likeness (QED) is 0.530. The number of nitrogens with one attached hydrogen (secondary N) is 3. The molecule has 0 aromatic rings. The minimum absolute atomic E-state index is 0.149. The second kappa shape index (κ2) is 9.81. The minimum Gasteiger partial charge on any atom is -0.467 e. The van der Waals surface area contributed by atoms with Gasteiger partial charge in [0.25, 0.3) is 0 Å². The molecule has 0 heterocycles. The second-order valence-corrected chi connectivity index (χ2v) is 5.87. The van der Waals surface area contributed by atoms with Crippen molar-refractivity contribution >= 4 is 23.7 Å². The van der Waals surface area contributed by atoms with E-state index in [0.29, 0.717) is 6.42 Å². The third-order valence-electron chi connectivity index (χ3n) is 3.07. The van der Waals surface area contributed by atoms with Crippen molar-refractivity contribution in [2.45, 2.75) is 59.2 Å². The zero-order chi connectivity index (χ0) is 18.2. The standard InChI is InChI=1S/C15H27N3O5/c1-8(2)7-12(14(21)17-10(4)15(22)23-6)18-13(20)9(3)16-11(5)19/h8-10,12H,7H2,1-6H3,(H,16,19)(H,17,21)(H,18,20)/t9-,10-,12+/m0/s1. The van der Waals surface area contributed by atoms with Crippen LogP contribution in [0.4, 0.5) is 0 Å². The maximum Gasteiger partial charge on any atom is 0.328 e. The normalized spacial score (nSPS) is 14.4. The summed E-state index contributed by atoms with van der Waals surface area (Å²) in [5, 5.41) is 7.55. The summed E-state index contributed by atoms with van der Waals surface area (Å²) in [4.78, 5) is 46.7. The summed E-state index contributed by atoms with van der Waals surface area (Å²) in [6.45, 7) is 8.15. The molecule has 0 aliphatic rings. The van der Waals surface area contributed by atoms with E-state index in [-0.39, 0.29) is 11.8 Å². The summed E-state index contributed by atoms with van der Waals surface area (Å²) in [7, 11) is 1.23. The van der Waals surface area contributed by atoms with Gasteiger partial charge >= 0.3 is 5.97 Å². The Morgan fingerprint density at radius 1 is 0.870 bits per heavy atom. The van der Waals surface area contributed by atoms with E-state index in [4.69, 9.17) is 0 Å². The van der Waals surface area contributed by atoms with Gasteiger partial charge < -0.3 is 20.7 Å². The summed E-state index contributed by atoms with van der Waals surface area (Å²) in [5.74, 6) is -1.70. The molecule has 0 saturated carbocycles. The Morgan fingerprint density at radius 2 is 1.43 bits per heavy atom. The Balaban J connectivity index is 4.86. The van der Waals surface area contributed by atoms with Crippen LogP contribution in [0.5, 0.6) is 0 Å². The predicted molar refractivity (Wildman–Crippen MR) is 84.3 cm³/mol. The molecule has 23 heavy (non-hydrogen) atoms. The van der Waals surface area contributed by atoms with Crippen LogP contribution in [0.3, 0.4) is 0 Å². The number of methoxy groups -OCH3 is 1. The van der Waals surface area contributed by atoms with Crippen LogP contribution in [0.2, 0.25) is 0 Å². The lowest BCUT2D eigenvalue weighted by Crippen LogP contribution is -2.55. The lowest BCUT2D eigenvalue weighted by Gasteiger charge is -2.23. The fourth-order valence-corrected chi connectivity index (χ4v) is 1.92.